The molecule has 0 radical (unpaired) electrons. The number of nitrogens with zero attached hydrogens (tertiary/aromatic N) is 4. The lowest BCUT2D eigenvalue weighted by Crippen LogP contribution is -2.37. The molecule has 0 bridgehead atoms. The molecule has 3 N–H and O–H groups in total. The molecule has 4 aromatic rings. The second kappa shape index (κ2) is 9.96. The van der Waals surface area contributed by atoms with Gasteiger partial charge in [-0.3, -0.25) is 9.89 Å². The molecule has 0 spiro atoms. The van der Waals surface area contributed by atoms with Gasteiger partial charge in [-0.15, -0.1) is 0 Å². The average Bonchev–Trinajstić information content (AvgIpc) is 3.22. The van der Waals surface area contributed by atoms with Crippen LogP contribution in [0, 0.1) is 6.92 Å². The maximum atomic E-state index is 12.5. The van der Waals surface area contributed by atoms with Crippen molar-refractivity contribution in [2.45, 2.75) is 29.9 Å². The second-order valence-corrected chi connectivity index (χ2v) is 9.13. The third kappa shape index (κ3) is 5.37. The number of nitrogens with one attached hydrogen (secondary N) is 3. The van der Waals surface area contributed by atoms with Crippen LogP contribution < -0.4 is 15.5 Å². The molecule has 2 aromatic heterocycles. The van der Waals surface area contributed by atoms with E-state index >= 15 is 0 Å². The van der Waals surface area contributed by atoms with Crippen molar-refractivity contribution in [2.24, 2.45) is 0 Å². The molecular weight excluding hydrogens is 446 g/mol. The topological polar surface area (TPSA) is 98.8 Å². The van der Waals surface area contributed by atoms with Gasteiger partial charge in [0.25, 0.3) is 5.91 Å². The zero-order valence-corrected chi connectivity index (χ0v) is 19.6. The largest absolute Gasteiger partial charge is 0.356 e. The van der Waals surface area contributed by atoms with E-state index in [1.165, 1.54) is 18.2 Å². The maximum Gasteiger partial charge on any atom is 0.251 e. The van der Waals surface area contributed by atoms with E-state index in [1.54, 1.807) is 0 Å². The van der Waals surface area contributed by atoms with E-state index in [0.717, 1.165) is 35.1 Å². The first-order valence-electron chi connectivity index (χ1n) is 11.2. The molecule has 0 aliphatic carbocycles. The summed E-state index contributed by atoms with van der Waals surface area (Å²) in [6, 6.07) is 21.2. The van der Waals surface area contributed by atoms with E-state index in [4.69, 9.17) is 4.98 Å². The van der Waals surface area contributed by atoms with E-state index in [-0.39, 0.29) is 5.91 Å². The minimum atomic E-state index is -0.0998. The number of amides is 1. The van der Waals surface area contributed by atoms with Crippen LogP contribution in [0.4, 0.5) is 17.5 Å². The summed E-state index contributed by atoms with van der Waals surface area (Å²) in [6.45, 7) is 4.44. The molecule has 0 atom stereocenters. The third-order valence-corrected chi connectivity index (χ3v) is 6.33. The van der Waals surface area contributed by atoms with Gasteiger partial charge in [-0.2, -0.15) is 5.10 Å². The summed E-state index contributed by atoms with van der Waals surface area (Å²) < 4.78 is 0. The molecule has 1 amide bonds. The quantitative estimate of drug-likeness (QED) is 0.324. The Hall–Kier alpha value is -3.85. The van der Waals surface area contributed by atoms with Crippen molar-refractivity contribution in [3.63, 3.8) is 0 Å². The summed E-state index contributed by atoms with van der Waals surface area (Å²) in [4.78, 5) is 25.1. The molecule has 9 heteroatoms. The summed E-state index contributed by atoms with van der Waals surface area (Å²) in [5.41, 5.74) is 2.66. The Morgan fingerprint density at radius 1 is 1.03 bits per heavy atom. The summed E-state index contributed by atoms with van der Waals surface area (Å²) >= 11 is 1.47. The fourth-order valence-corrected chi connectivity index (χ4v) is 4.27. The fraction of sp³-hybridized carbons (Fsp3) is 0.200. The highest BCUT2D eigenvalue weighted by atomic mass is 32.2. The lowest BCUT2D eigenvalue weighted by molar-refractivity contribution is 0.0951. The number of benzene rings is 2. The molecule has 2 aromatic carbocycles. The number of hydrogen-bond donors (Lipinski definition) is 3. The summed E-state index contributed by atoms with van der Waals surface area (Å²) in [7, 11) is 0. The number of rotatable bonds is 8. The molecule has 0 saturated carbocycles. The van der Waals surface area contributed by atoms with Crippen LogP contribution in [0.15, 0.2) is 76.8 Å². The van der Waals surface area contributed by atoms with Gasteiger partial charge in [0.15, 0.2) is 11.0 Å². The molecule has 172 valence electrons. The molecule has 8 nitrogen and oxygen atoms in total. The van der Waals surface area contributed by atoms with Crippen molar-refractivity contribution >= 4 is 35.1 Å². The summed E-state index contributed by atoms with van der Waals surface area (Å²) in [5.74, 6) is 2.21. The number of aromatic amines is 1. The van der Waals surface area contributed by atoms with E-state index in [9.17, 15) is 4.79 Å². The molecule has 3 heterocycles. The van der Waals surface area contributed by atoms with Crippen LogP contribution in [-0.2, 0) is 6.54 Å². The van der Waals surface area contributed by atoms with Crippen molar-refractivity contribution in [1.29, 1.82) is 0 Å². The summed E-state index contributed by atoms with van der Waals surface area (Å²) in [6.07, 6.45) is 1.17. The minimum Gasteiger partial charge on any atom is -0.356 e. The number of H-pyrrole nitrogens is 1. The standard InChI is InChI=1S/C25H25N7OS/c1-17-14-22(31-30-17)27-21-15-23(32-12-5-13-32)29-25(28-21)34-20-10-8-19(9-11-20)24(33)26-16-18-6-3-2-4-7-18/h2-4,6-11,14-15H,5,12-13,16H2,1H3,(H,26,33)(H2,27,28,29,30,31). The van der Waals surface area contributed by atoms with Crippen LogP contribution in [0.25, 0.3) is 0 Å². The smallest absolute Gasteiger partial charge is 0.251 e. The van der Waals surface area contributed by atoms with E-state index in [0.29, 0.717) is 28.9 Å². The molecule has 1 saturated heterocycles. The number of carbonyl (C=O) groups excluding carboxylic acids is 1. The van der Waals surface area contributed by atoms with Crippen molar-refractivity contribution in [3.05, 3.63) is 83.6 Å². The molecule has 1 aliphatic rings. The highest BCUT2D eigenvalue weighted by molar-refractivity contribution is 7.99. The van der Waals surface area contributed by atoms with Crippen molar-refractivity contribution in [1.82, 2.24) is 25.5 Å². The average molecular weight is 472 g/mol. The van der Waals surface area contributed by atoms with Crippen molar-refractivity contribution < 1.29 is 4.79 Å². The predicted octanol–water partition coefficient (Wildman–Crippen LogP) is 4.54. The zero-order chi connectivity index (χ0) is 23.3. The van der Waals surface area contributed by atoms with Gasteiger partial charge in [0.1, 0.15) is 11.6 Å². The Kier molecular flexibility index (Phi) is 6.44. The minimum absolute atomic E-state index is 0.0998. The number of aryl methyl sites for hydroxylation is 1. The van der Waals surface area contributed by atoms with Gasteiger partial charge < -0.3 is 15.5 Å². The van der Waals surface area contributed by atoms with Gasteiger partial charge in [0.2, 0.25) is 0 Å². The summed E-state index contributed by atoms with van der Waals surface area (Å²) in [5, 5.41) is 14.0. The van der Waals surface area contributed by atoms with Crippen molar-refractivity contribution in [2.75, 3.05) is 23.3 Å². The van der Waals surface area contributed by atoms with Crippen LogP contribution in [0.5, 0.6) is 0 Å². The normalized spacial score (nSPS) is 12.8. The molecule has 0 unspecified atom stereocenters. The monoisotopic (exact) mass is 471 g/mol. The SMILES string of the molecule is Cc1cc(Nc2cc(N3CCC3)nc(Sc3ccc(C(=O)NCc4ccccc4)cc3)n2)n[nH]1. The van der Waals surface area contributed by atoms with Crippen LogP contribution in [0.1, 0.15) is 28.0 Å². The van der Waals surface area contributed by atoms with Gasteiger partial charge >= 0.3 is 0 Å². The van der Waals surface area contributed by atoms with Crippen LogP contribution in [-0.4, -0.2) is 39.2 Å². The number of hydrogen-bond acceptors (Lipinski definition) is 7. The first-order chi connectivity index (χ1) is 16.6. The van der Waals surface area contributed by atoms with Gasteiger partial charge in [-0.25, -0.2) is 9.97 Å². The van der Waals surface area contributed by atoms with Gasteiger partial charge in [0.05, 0.1) is 0 Å². The molecule has 1 aliphatic heterocycles. The molecule has 1 fully saturated rings. The third-order valence-electron chi connectivity index (χ3n) is 5.46. The Balaban J connectivity index is 1.28. The first-order valence-corrected chi connectivity index (χ1v) is 12.0. The highest BCUT2D eigenvalue weighted by Crippen LogP contribution is 2.30. The highest BCUT2D eigenvalue weighted by Gasteiger charge is 2.18. The Morgan fingerprint density at radius 3 is 2.50 bits per heavy atom. The van der Waals surface area contributed by atoms with E-state index in [2.05, 4.69) is 30.7 Å². The van der Waals surface area contributed by atoms with E-state index < -0.39 is 0 Å². The Bertz CT molecular complexity index is 1270. The van der Waals surface area contributed by atoms with Crippen LogP contribution in [0.3, 0.4) is 0 Å². The first kappa shape index (κ1) is 22.0. The number of carbonyl (C=O) groups is 1. The Morgan fingerprint density at radius 2 is 1.82 bits per heavy atom. The van der Waals surface area contributed by atoms with E-state index in [1.807, 2.05) is 73.7 Å². The maximum absolute atomic E-state index is 12.5. The lowest BCUT2D eigenvalue weighted by atomic mass is 10.2. The number of anilines is 3. The zero-order valence-electron chi connectivity index (χ0n) is 18.8. The molecule has 34 heavy (non-hydrogen) atoms. The van der Waals surface area contributed by atoms with Gasteiger partial charge in [-0.05, 0) is 54.9 Å². The second-order valence-electron chi connectivity index (χ2n) is 8.09. The van der Waals surface area contributed by atoms with Crippen molar-refractivity contribution in [3.8, 4) is 0 Å². The predicted molar refractivity (Wildman–Crippen MR) is 134 cm³/mol. The lowest BCUT2D eigenvalue weighted by Gasteiger charge is -2.32. The fourth-order valence-electron chi connectivity index (χ4n) is 3.50. The molecular formula is C25H25N7OS. The number of aromatic nitrogens is 4. The molecule has 5 rings (SSSR count). The van der Waals surface area contributed by atoms with Crippen LogP contribution in [0.2, 0.25) is 0 Å². The van der Waals surface area contributed by atoms with Gasteiger partial charge in [0, 0.05) is 47.9 Å². The van der Waals surface area contributed by atoms with Crippen LogP contribution >= 0.6 is 11.8 Å². The Labute approximate surface area is 202 Å². The van der Waals surface area contributed by atoms with Gasteiger partial charge in [-0.1, -0.05) is 30.3 Å².